The largest absolute Gasteiger partial charge is 0.497 e. The van der Waals surface area contributed by atoms with Gasteiger partial charge >= 0.3 is 0 Å². The lowest BCUT2D eigenvalue weighted by molar-refractivity contribution is 0.104. The zero-order chi connectivity index (χ0) is 17.5. The molecule has 2 rings (SSSR count). The molecular weight excluding hydrogens is 305 g/mol. The maximum absolute atomic E-state index is 13.8. The van der Waals surface area contributed by atoms with Crippen LogP contribution in [0.3, 0.4) is 0 Å². The summed E-state index contributed by atoms with van der Waals surface area (Å²) in [6, 6.07) is 12.1. The summed E-state index contributed by atoms with van der Waals surface area (Å²) in [5, 5.41) is 0. The molecule has 2 aromatic rings. The van der Waals surface area contributed by atoms with E-state index in [1.807, 2.05) is 38.4 Å². The van der Waals surface area contributed by atoms with Crippen LogP contribution in [0, 0.1) is 5.82 Å². The van der Waals surface area contributed by atoms with Crippen molar-refractivity contribution in [2.24, 2.45) is 0 Å². The van der Waals surface area contributed by atoms with Crippen molar-refractivity contribution in [3.63, 3.8) is 0 Å². The van der Waals surface area contributed by atoms with Crippen LogP contribution in [-0.4, -0.2) is 38.4 Å². The Labute approximate surface area is 142 Å². The summed E-state index contributed by atoms with van der Waals surface area (Å²) >= 11 is 0. The number of hydrogen-bond acceptors (Lipinski definition) is 3. The third-order valence-electron chi connectivity index (χ3n) is 3.71. The van der Waals surface area contributed by atoms with Crippen LogP contribution in [0.5, 0.6) is 5.75 Å². The quantitative estimate of drug-likeness (QED) is 0.572. The molecule has 0 aliphatic carbocycles. The number of halogens is 1. The third-order valence-corrected chi connectivity index (χ3v) is 3.71. The first kappa shape index (κ1) is 17.9. The predicted octanol–water partition coefficient (Wildman–Crippen LogP) is 3.83. The molecule has 0 bridgehead atoms. The Balaban J connectivity index is 2.04. The van der Waals surface area contributed by atoms with Crippen molar-refractivity contribution < 1.29 is 13.9 Å². The average Bonchev–Trinajstić information content (AvgIpc) is 2.59. The van der Waals surface area contributed by atoms with Crippen LogP contribution >= 0.6 is 0 Å². The van der Waals surface area contributed by atoms with Gasteiger partial charge < -0.3 is 9.64 Å². The first-order valence-corrected chi connectivity index (χ1v) is 7.79. The molecule has 0 heterocycles. The number of rotatable bonds is 7. The molecule has 0 spiro atoms. The van der Waals surface area contributed by atoms with Crippen LogP contribution < -0.4 is 4.74 Å². The van der Waals surface area contributed by atoms with Crippen molar-refractivity contribution in [3.05, 3.63) is 71.0 Å². The number of benzene rings is 2. The highest BCUT2D eigenvalue weighted by molar-refractivity contribution is 6.06. The van der Waals surface area contributed by atoms with E-state index in [-0.39, 0.29) is 5.78 Å². The van der Waals surface area contributed by atoms with Gasteiger partial charge in [0.2, 0.25) is 0 Å². The number of carbonyl (C=O) groups is 1. The number of methoxy groups -OCH3 is 1. The summed E-state index contributed by atoms with van der Waals surface area (Å²) in [5.41, 5.74) is 2.13. The van der Waals surface area contributed by atoms with E-state index in [0.717, 1.165) is 13.0 Å². The molecule has 0 unspecified atom stereocenters. The van der Waals surface area contributed by atoms with Crippen molar-refractivity contribution in [2.45, 2.75) is 6.42 Å². The molecule has 3 nitrogen and oxygen atoms in total. The minimum absolute atomic E-state index is 0.149. The summed E-state index contributed by atoms with van der Waals surface area (Å²) in [6.07, 6.45) is 3.81. The molecule has 0 aliphatic heterocycles. The molecule has 0 fully saturated rings. The minimum Gasteiger partial charge on any atom is -0.497 e. The third kappa shape index (κ3) is 5.03. The lowest BCUT2D eigenvalue weighted by Crippen LogP contribution is -2.15. The molecule has 126 valence electrons. The fourth-order valence-electron chi connectivity index (χ4n) is 2.22. The van der Waals surface area contributed by atoms with E-state index in [2.05, 4.69) is 4.90 Å². The van der Waals surface area contributed by atoms with Gasteiger partial charge in [0.05, 0.1) is 7.11 Å². The average molecular weight is 327 g/mol. The second-order valence-electron chi connectivity index (χ2n) is 5.84. The zero-order valence-electron chi connectivity index (χ0n) is 14.3. The summed E-state index contributed by atoms with van der Waals surface area (Å²) < 4.78 is 18.8. The van der Waals surface area contributed by atoms with E-state index >= 15 is 0 Å². The molecular formula is C20H22FNO2. The van der Waals surface area contributed by atoms with E-state index in [9.17, 15) is 9.18 Å². The van der Waals surface area contributed by atoms with Gasteiger partial charge in [-0.1, -0.05) is 24.3 Å². The highest BCUT2D eigenvalue weighted by Gasteiger charge is 2.05. The van der Waals surface area contributed by atoms with Crippen LogP contribution in [-0.2, 0) is 6.42 Å². The van der Waals surface area contributed by atoms with Crippen molar-refractivity contribution >= 4 is 11.9 Å². The molecule has 0 N–H and O–H groups in total. The summed E-state index contributed by atoms with van der Waals surface area (Å²) in [6.45, 7) is 0.962. The number of ketones is 1. The lowest BCUT2D eigenvalue weighted by Gasteiger charge is -2.09. The van der Waals surface area contributed by atoms with Crippen molar-refractivity contribution in [2.75, 3.05) is 27.7 Å². The molecule has 2 aromatic carbocycles. The van der Waals surface area contributed by atoms with Gasteiger partial charge in [-0.2, -0.15) is 0 Å². The molecule has 0 amide bonds. The molecule has 24 heavy (non-hydrogen) atoms. The van der Waals surface area contributed by atoms with E-state index in [1.165, 1.54) is 30.9 Å². The maximum atomic E-state index is 13.8. The first-order valence-electron chi connectivity index (χ1n) is 7.79. The monoisotopic (exact) mass is 327 g/mol. The van der Waals surface area contributed by atoms with Crippen LogP contribution in [0.15, 0.2) is 48.5 Å². The number of nitrogens with zero attached hydrogens (tertiary/aromatic N) is 1. The summed E-state index contributed by atoms with van der Waals surface area (Å²) in [4.78, 5) is 14.3. The lowest BCUT2D eigenvalue weighted by atomic mass is 10.0. The van der Waals surface area contributed by atoms with Gasteiger partial charge in [-0.05, 0) is 50.4 Å². The van der Waals surface area contributed by atoms with Gasteiger partial charge in [-0.15, -0.1) is 0 Å². The summed E-state index contributed by atoms with van der Waals surface area (Å²) in [7, 11) is 5.54. The van der Waals surface area contributed by atoms with E-state index < -0.39 is 5.82 Å². The number of allylic oxidation sites excluding steroid dienone is 1. The van der Waals surface area contributed by atoms with Crippen molar-refractivity contribution in [1.82, 2.24) is 4.90 Å². The Morgan fingerprint density at radius 2 is 1.88 bits per heavy atom. The highest BCUT2D eigenvalue weighted by Crippen LogP contribution is 2.17. The number of hydrogen-bond donors (Lipinski definition) is 0. The molecule has 0 radical (unpaired) electrons. The highest BCUT2D eigenvalue weighted by atomic mass is 19.1. The summed E-state index contributed by atoms with van der Waals surface area (Å²) in [5.74, 6) is -0.119. The molecule has 0 saturated carbocycles. The normalized spacial score (nSPS) is 11.2. The second-order valence-corrected chi connectivity index (χ2v) is 5.84. The van der Waals surface area contributed by atoms with E-state index in [0.29, 0.717) is 16.9 Å². The van der Waals surface area contributed by atoms with Gasteiger partial charge in [0.25, 0.3) is 0 Å². The van der Waals surface area contributed by atoms with Crippen LogP contribution in [0.1, 0.15) is 21.5 Å². The molecule has 0 aromatic heterocycles. The topological polar surface area (TPSA) is 29.5 Å². The smallest absolute Gasteiger partial charge is 0.185 e. The number of ether oxygens (including phenoxy) is 1. The maximum Gasteiger partial charge on any atom is 0.185 e. The van der Waals surface area contributed by atoms with Crippen molar-refractivity contribution in [3.8, 4) is 5.75 Å². The number of carbonyl (C=O) groups excluding carboxylic acids is 1. The van der Waals surface area contributed by atoms with Gasteiger partial charge in [-0.3, -0.25) is 4.79 Å². The van der Waals surface area contributed by atoms with Gasteiger partial charge in [0, 0.05) is 23.7 Å². The zero-order valence-corrected chi connectivity index (χ0v) is 14.3. The first-order chi connectivity index (χ1) is 11.5. The Morgan fingerprint density at radius 3 is 2.46 bits per heavy atom. The SMILES string of the molecule is COc1ccc(C=CC(=O)c2ccc(CCN(C)C)cc2)c(F)c1. The van der Waals surface area contributed by atoms with Crippen LogP contribution in [0.25, 0.3) is 6.08 Å². The van der Waals surface area contributed by atoms with Gasteiger partial charge in [0.1, 0.15) is 11.6 Å². The second kappa shape index (κ2) is 8.41. The fourth-order valence-corrected chi connectivity index (χ4v) is 2.22. The molecule has 4 heteroatoms. The Kier molecular flexibility index (Phi) is 6.27. The Morgan fingerprint density at radius 1 is 1.17 bits per heavy atom. The van der Waals surface area contributed by atoms with E-state index in [1.54, 1.807) is 12.1 Å². The Hall–Kier alpha value is -2.46. The molecule has 0 aliphatic rings. The molecule has 0 atom stereocenters. The predicted molar refractivity (Wildman–Crippen MR) is 95.0 cm³/mol. The van der Waals surface area contributed by atoms with Crippen LogP contribution in [0.2, 0.25) is 0 Å². The van der Waals surface area contributed by atoms with Crippen molar-refractivity contribution in [1.29, 1.82) is 0 Å². The standard InChI is InChI=1S/C20H22FNO2/c1-22(2)13-12-15-4-6-17(7-5-15)20(23)11-9-16-8-10-18(24-3)14-19(16)21/h4-11,14H,12-13H2,1-3H3. The minimum atomic E-state index is -0.419. The van der Waals surface area contributed by atoms with Gasteiger partial charge in [0.15, 0.2) is 5.78 Å². The Bertz CT molecular complexity index is 721. The number of likely N-dealkylation sites (N-methyl/N-ethyl adjacent to an activating group) is 1. The van der Waals surface area contributed by atoms with Crippen LogP contribution in [0.4, 0.5) is 4.39 Å². The molecule has 0 saturated heterocycles. The van der Waals surface area contributed by atoms with E-state index in [4.69, 9.17) is 4.74 Å². The fraction of sp³-hybridized carbons (Fsp3) is 0.250. The van der Waals surface area contributed by atoms with Gasteiger partial charge in [-0.25, -0.2) is 4.39 Å².